The summed E-state index contributed by atoms with van der Waals surface area (Å²) in [7, 11) is 0. The average Bonchev–Trinajstić information content (AvgIpc) is 2.56. The number of nitrogens with one attached hydrogen (secondary N) is 1. The van der Waals surface area contributed by atoms with E-state index in [1.165, 1.54) is 11.1 Å². The van der Waals surface area contributed by atoms with Crippen LogP contribution in [0.2, 0.25) is 0 Å². The normalized spacial score (nSPS) is 16.7. The predicted octanol–water partition coefficient (Wildman–Crippen LogP) is 2.71. The van der Waals surface area contributed by atoms with Crippen LogP contribution >= 0.6 is 24.0 Å². The molecule has 0 unspecified atom stereocenters. The Balaban J connectivity index is 0.00000312. The third-order valence-electron chi connectivity index (χ3n) is 4.45. The van der Waals surface area contributed by atoms with Crippen molar-refractivity contribution in [2.45, 2.75) is 52.3 Å². The highest BCUT2D eigenvalue weighted by Gasteiger charge is 2.16. The number of benzene rings is 1. The van der Waals surface area contributed by atoms with Gasteiger partial charge in [0.25, 0.3) is 0 Å². The molecule has 2 rings (SSSR count). The molecule has 1 saturated heterocycles. The quantitative estimate of drug-likeness (QED) is 0.333. The molecular formula is C19H33IN4O. The maximum absolute atomic E-state index is 9.56. The third kappa shape index (κ3) is 8.87. The van der Waals surface area contributed by atoms with Crippen molar-refractivity contribution in [1.29, 1.82) is 0 Å². The van der Waals surface area contributed by atoms with Crippen LogP contribution in [0.1, 0.15) is 44.2 Å². The predicted molar refractivity (Wildman–Crippen MR) is 115 cm³/mol. The molecule has 0 aliphatic carbocycles. The summed E-state index contributed by atoms with van der Waals surface area (Å²) in [5.74, 6) is 1.19. The van der Waals surface area contributed by atoms with E-state index in [0.717, 1.165) is 45.4 Å². The number of aliphatic hydroxyl groups excluding tert-OH is 1. The summed E-state index contributed by atoms with van der Waals surface area (Å²) in [5.41, 5.74) is 8.36. The Morgan fingerprint density at radius 2 is 1.84 bits per heavy atom. The SMILES string of the molecule is CC(C)CCNC(N)=NCc1ccc(CN2CCC(O)CC2)cc1.I. The van der Waals surface area contributed by atoms with Crippen LogP contribution in [0.15, 0.2) is 29.3 Å². The van der Waals surface area contributed by atoms with Crippen molar-refractivity contribution in [2.75, 3.05) is 19.6 Å². The molecule has 6 heteroatoms. The minimum Gasteiger partial charge on any atom is -0.393 e. The summed E-state index contributed by atoms with van der Waals surface area (Å²) in [5, 5.41) is 12.7. The average molecular weight is 460 g/mol. The van der Waals surface area contributed by atoms with Crippen LogP contribution in [0, 0.1) is 5.92 Å². The minimum absolute atomic E-state index is 0. The topological polar surface area (TPSA) is 73.9 Å². The van der Waals surface area contributed by atoms with Crippen molar-refractivity contribution in [1.82, 2.24) is 10.2 Å². The van der Waals surface area contributed by atoms with Gasteiger partial charge in [0.1, 0.15) is 0 Å². The zero-order valence-electron chi connectivity index (χ0n) is 15.4. The number of piperidine rings is 1. The molecular weight excluding hydrogens is 427 g/mol. The van der Waals surface area contributed by atoms with Crippen LogP contribution in [-0.4, -0.2) is 41.7 Å². The number of likely N-dealkylation sites (tertiary alicyclic amines) is 1. The molecule has 1 heterocycles. The summed E-state index contributed by atoms with van der Waals surface area (Å²) in [4.78, 5) is 6.79. The lowest BCUT2D eigenvalue weighted by Gasteiger charge is -2.29. The van der Waals surface area contributed by atoms with Gasteiger partial charge in [-0.25, -0.2) is 4.99 Å². The molecule has 0 bridgehead atoms. The van der Waals surface area contributed by atoms with Gasteiger partial charge in [-0.05, 0) is 36.3 Å². The molecule has 142 valence electrons. The van der Waals surface area contributed by atoms with E-state index in [4.69, 9.17) is 5.73 Å². The highest BCUT2D eigenvalue weighted by atomic mass is 127. The van der Waals surface area contributed by atoms with Gasteiger partial charge in [0.15, 0.2) is 5.96 Å². The molecule has 1 aromatic carbocycles. The van der Waals surface area contributed by atoms with Crippen LogP contribution in [-0.2, 0) is 13.1 Å². The Bertz CT molecular complexity index is 511. The highest BCUT2D eigenvalue weighted by Crippen LogP contribution is 2.14. The lowest BCUT2D eigenvalue weighted by Crippen LogP contribution is -2.35. The lowest BCUT2D eigenvalue weighted by molar-refractivity contribution is 0.0792. The van der Waals surface area contributed by atoms with E-state index in [9.17, 15) is 5.11 Å². The minimum atomic E-state index is -0.110. The largest absolute Gasteiger partial charge is 0.393 e. The number of nitrogens with zero attached hydrogens (tertiary/aromatic N) is 2. The summed E-state index contributed by atoms with van der Waals surface area (Å²) in [6.45, 7) is 8.78. The Morgan fingerprint density at radius 3 is 2.44 bits per heavy atom. The zero-order chi connectivity index (χ0) is 17.4. The van der Waals surface area contributed by atoms with E-state index in [1.807, 2.05) is 0 Å². The van der Waals surface area contributed by atoms with E-state index in [1.54, 1.807) is 0 Å². The number of aliphatic hydroxyl groups is 1. The molecule has 0 aromatic heterocycles. The van der Waals surface area contributed by atoms with Gasteiger partial charge in [-0.15, -0.1) is 24.0 Å². The fraction of sp³-hybridized carbons (Fsp3) is 0.632. The fourth-order valence-electron chi connectivity index (χ4n) is 2.81. The van der Waals surface area contributed by atoms with Gasteiger partial charge in [0, 0.05) is 26.2 Å². The first-order valence-electron chi connectivity index (χ1n) is 9.05. The van der Waals surface area contributed by atoms with Crippen molar-refractivity contribution < 1.29 is 5.11 Å². The molecule has 1 aliphatic rings. The Hall–Kier alpha value is -0.860. The van der Waals surface area contributed by atoms with E-state index in [0.29, 0.717) is 18.4 Å². The third-order valence-corrected chi connectivity index (χ3v) is 4.45. The number of rotatable bonds is 7. The number of hydrogen-bond donors (Lipinski definition) is 3. The van der Waals surface area contributed by atoms with Crippen molar-refractivity contribution >= 4 is 29.9 Å². The number of guanidine groups is 1. The van der Waals surface area contributed by atoms with Gasteiger partial charge in [0.05, 0.1) is 12.6 Å². The van der Waals surface area contributed by atoms with E-state index < -0.39 is 0 Å². The summed E-state index contributed by atoms with van der Waals surface area (Å²) >= 11 is 0. The van der Waals surface area contributed by atoms with Crippen LogP contribution in [0.4, 0.5) is 0 Å². The van der Waals surface area contributed by atoms with Crippen molar-refractivity contribution in [3.05, 3.63) is 35.4 Å². The lowest BCUT2D eigenvalue weighted by atomic mass is 10.1. The van der Waals surface area contributed by atoms with Gasteiger partial charge in [-0.3, -0.25) is 4.90 Å². The molecule has 0 saturated carbocycles. The van der Waals surface area contributed by atoms with E-state index in [-0.39, 0.29) is 30.1 Å². The van der Waals surface area contributed by atoms with Gasteiger partial charge in [-0.2, -0.15) is 0 Å². The maximum atomic E-state index is 9.56. The molecule has 4 N–H and O–H groups in total. The maximum Gasteiger partial charge on any atom is 0.188 e. The van der Waals surface area contributed by atoms with Gasteiger partial charge in [0.2, 0.25) is 0 Å². The second kappa shape index (κ2) is 11.7. The molecule has 0 radical (unpaired) electrons. The van der Waals surface area contributed by atoms with Crippen molar-refractivity contribution in [3.63, 3.8) is 0 Å². The van der Waals surface area contributed by atoms with Crippen molar-refractivity contribution in [2.24, 2.45) is 16.6 Å². The van der Waals surface area contributed by atoms with Gasteiger partial charge < -0.3 is 16.2 Å². The second-order valence-electron chi connectivity index (χ2n) is 7.13. The van der Waals surface area contributed by atoms with Gasteiger partial charge >= 0.3 is 0 Å². The summed E-state index contributed by atoms with van der Waals surface area (Å²) < 4.78 is 0. The Labute approximate surface area is 169 Å². The molecule has 5 nitrogen and oxygen atoms in total. The molecule has 0 amide bonds. The molecule has 25 heavy (non-hydrogen) atoms. The van der Waals surface area contributed by atoms with E-state index >= 15 is 0 Å². The first-order valence-corrected chi connectivity index (χ1v) is 9.05. The van der Waals surface area contributed by atoms with Crippen LogP contribution in [0.3, 0.4) is 0 Å². The monoisotopic (exact) mass is 460 g/mol. The Kier molecular flexibility index (Phi) is 10.4. The summed E-state index contributed by atoms with van der Waals surface area (Å²) in [6.07, 6.45) is 2.76. The second-order valence-corrected chi connectivity index (χ2v) is 7.13. The Morgan fingerprint density at radius 1 is 1.24 bits per heavy atom. The van der Waals surface area contributed by atoms with E-state index in [2.05, 4.69) is 53.3 Å². The molecule has 1 aliphatic heterocycles. The smallest absolute Gasteiger partial charge is 0.188 e. The molecule has 0 spiro atoms. The number of aliphatic imine (C=N–C) groups is 1. The number of hydrogen-bond acceptors (Lipinski definition) is 3. The number of nitrogens with two attached hydrogens (primary N) is 1. The van der Waals surface area contributed by atoms with Crippen molar-refractivity contribution in [3.8, 4) is 0 Å². The molecule has 1 fully saturated rings. The first kappa shape index (κ1) is 22.2. The van der Waals surface area contributed by atoms with Crippen LogP contribution in [0.25, 0.3) is 0 Å². The molecule has 0 atom stereocenters. The molecule has 1 aromatic rings. The standard InChI is InChI=1S/C19H32N4O.HI/c1-15(2)7-10-21-19(20)22-13-16-3-5-17(6-4-16)14-23-11-8-18(24)9-12-23;/h3-6,15,18,24H,7-14H2,1-2H3,(H3,20,21,22);1H. The zero-order valence-corrected chi connectivity index (χ0v) is 17.8. The van der Waals surface area contributed by atoms with Crippen LogP contribution < -0.4 is 11.1 Å². The first-order chi connectivity index (χ1) is 11.5. The fourth-order valence-corrected chi connectivity index (χ4v) is 2.81. The number of halogens is 1. The highest BCUT2D eigenvalue weighted by molar-refractivity contribution is 14.0. The summed E-state index contributed by atoms with van der Waals surface area (Å²) in [6, 6.07) is 8.58. The van der Waals surface area contributed by atoms with Crippen LogP contribution in [0.5, 0.6) is 0 Å². The van der Waals surface area contributed by atoms with Gasteiger partial charge in [-0.1, -0.05) is 38.1 Å².